The fourth-order valence-electron chi connectivity index (χ4n) is 2.09. The third kappa shape index (κ3) is 5.64. The Labute approximate surface area is 127 Å². The molecule has 1 rings (SSSR count). The summed E-state index contributed by atoms with van der Waals surface area (Å²) < 4.78 is 5.26. The molecule has 0 amide bonds. The molecule has 0 radical (unpaired) electrons. The second-order valence-electron chi connectivity index (χ2n) is 6.08. The van der Waals surface area contributed by atoms with E-state index in [-0.39, 0.29) is 11.3 Å². The summed E-state index contributed by atoms with van der Waals surface area (Å²) in [6, 6.07) is 8.63. The molecule has 0 heterocycles. The van der Waals surface area contributed by atoms with Gasteiger partial charge in [0.05, 0.1) is 6.10 Å². The van der Waals surface area contributed by atoms with Crippen molar-refractivity contribution in [3.8, 4) is 0 Å². The van der Waals surface area contributed by atoms with E-state index in [1.807, 2.05) is 13.8 Å². The Kier molecular flexibility index (Phi) is 6.70. The maximum absolute atomic E-state index is 11.2. The molecule has 0 aliphatic heterocycles. The van der Waals surface area contributed by atoms with Crippen molar-refractivity contribution in [2.45, 2.75) is 52.6 Å². The van der Waals surface area contributed by atoms with Gasteiger partial charge < -0.3 is 4.74 Å². The Hall–Kier alpha value is -0.860. The van der Waals surface area contributed by atoms with Gasteiger partial charge in [-0.1, -0.05) is 38.1 Å². The number of carbonyl (C=O) groups is 1. The Balaban J connectivity index is 2.44. The van der Waals surface area contributed by atoms with E-state index in [0.29, 0.717) is 0 Å². The lowest BCUT2D eigenvalue weighted by Gasteiger charge is -2.19. The standard InChI is InChI=1S/C17H25ClO2/c1-13(20-4)12-15-9-7-14(8-10-15)6-5-11-17(2,3)16(18)19/h7-10,13H,5-6,11-12H2,1-4H3/t13-/m0/s1. The van der Waals surface area contributed by atoms with Crippen molar-refractivity contribution < 1.29 is 9.53 Å². The van der Waals surface area contributed by atoms with E-state index in [1.54, 1.807) is 7.11 Å². The molecule has 0 unspecified atom stereocenters. The van der Waals surface area contributed by atoms with Gasteiger partial charge in [0.25, 0.3) is 0 Å². The first-order valence-electron chi connectivity index (χ1n) is 7.15. The van der Waals surface area contributed by atoms with Crippen LogP contribution in [0.25, 0.3) is 0 Å². The minimum Gasteiger partial charge on any atom is -0.381 e. The summed E-state index contributed by atoms with van der Waals surface area (Å²) in [4.78, 5) is 11.2. The zero-order chi connectivity index (χ0) is 15.2. The summed E-state index contributed by atoms with van der Waals surface area (Å²) in [5.41, 5.74) is 2.17. The molecule has 0 spiro atoms. The van der Waals surface area contributed by atoms with Gasteiger partial charge in [0.2, 0.25) is 5.24 Å². The van der Waals surface area contributed by atoms with Crippen molar-refractivity contribution in [1.29, 1.82) is 0 Å². The maximum Gasteiger partial charge on any atom is 0.227 e. The molecule has 1 aromatic rings. The van der Waals surface area contributed by atoms with Gasteiger partial charge in [-0.05, 0) is 55.3 Å². The summed E-state index contributed by atoms with van der Waals surface area (Å²) >= 11 is 5.58. The molecule has 2 nitrogen and oxygen atoms in total. The number of benzene rings is 1. The zero-order valence-corrected chi connectivity index (χ0v) is 13.7. The highest BCUT2D eigenvalue weighted by atomic mass is 35.5. The van der Waals surface area contributed by atoms with Crippen LogP contribution in [0.1, 0.15) is 44.7 Å². The lowest BCUT2D eigenvalue weighted by molar-refractivity contribution is -0.119. The highest BCUT2D eigenvalue weighted by Crippen LogP contribution is 2.26. The molecule has 0 fully saturated rings. The van der Waals surface area contributed by atoms with Crippen LogP contribution < -0.4 is 0 Å². The molecule has 1 atom stereocenters. The maximum atomic E-state index is 11.2. The lowest BCUT2D eigenvalue weighted by atomic mass is 9.88. The van der Waals surface area contributed by atoms with Crippen molar-refractivity contribution in [2.24, 2.45) is 5.41 Å². The number of rotatable bonds is 8. The van der Waals surface area contributed by atoms with Crippen molar-refractivity contribution >= 4 is 16.8 Å². The smallest absolute Gasteiger partial charge is 0.227 e. The van der Waals surface area contributed by atoms with Gasteiger partial charge in [-0.2, -0.15) is 0 Å². The Bertz CT molecular complexity index is 423. The molecule has 0 aliphatic carbocycles. The van der Waals surface area contributed by atoms with Crippen molar-refractivity contribution in [1.82, 2.24) is 0 Å². The highest BCUT2D eigenvalue weighted by molar-refractivity contribution is 6.64. The molecule has 0 aliphatic rings. The number of hydrogen-bond donors (Lipinski definition) is 0. The first-order valence-corrected chi connectivity index (χ1v) is 7.53. The van der Waals surface area contributed by atoms with Gasteiger partial charge in [-0.25, -0.2) is 0 Å². The van der Waals surface area contributed by atoms with Gasteiger partial charge in [0.1, 0.15) is 0 Å². The van der Waals surface area contributed by atoms with E-state index in [9.17, 15) is 4.79 Å². The van der Waals surface area contributed by atoms with Crippen LogP contribution in [0.15, 0.2) is 24.3 Å². The molecule has 20 heavy (non-hydrogen) atoms. The number of halogens is 1. The molecular formula is C17H25ClO2. The number of methoxy groups -OCH3 is 1. The molecule has 0 saturated carbocycles. The van der Waals surface area contributed by atoms with Crippen LogP contribution in [0.5, 0.6) is 0 Å². The summed E-state index contributed by atoms with van der Waals surface area (Å²) in [6.45, 7) is 5.87. The third-order valence-corrected chi connectivity index (χ3v) is 4.26. The average molecular weight is 297 g/mol. The van der Waals surface area contributed by atoms with E-state index in [1.165, 1.54) is 11.1 Å². The summed E-state index contributed by atoms with van der Waals surface area (Å²) in [7, 11) is 1.74. The Morgan fingerprint density at radius 3 is 2.30 bits per heavy atom. The lowest BCUT2D eigenvalue weighted by Crippen LogP contribution is -2.19. The predicted molar refractivity (Wildman–Crippen MR) is 84.2 cm³/mol. The van der Waals surface area contributed by atoms with Crippen LogP contribution in [0, 0.1) is 5.41 Å². The number of ether oxygens (including phenoxy) is 1. The summed E-state index contributed by atoms with van der Waals surface area (Å²) in [6.07, 6.45) is 3.95. The van der Waals surface area contributed by atoms with Crippen LogP contribution in [0.4, 0.5) is 0 Å². The summed E-state index contributed by atoms with van der Waals surface area (Å²) in [5.74, 6) is 0. The molecular weight excluding hydrogens is 272 g/mol. The molecule has 0 aromatic heterocycles. The van der Waals surface area contributed by atoms with Crippen LogP contribution in [-0.2, 0) is 22.4 Å². The monoisotopic (exact) mass is 296 g/mol. The SMILES string of the molecule is CO[C@@H](C)Cc1ccc(CCCC(C)(C)C(=O)Cl)cc1. The normalized spacial score (nSPS) is 13.2. The fourth-order valence-corrected chi connectivity index (χ4v) is 2.18. The summed E-state index contributed by atoms with van der Waals surface area (Å²) in [5, 5.41) is -0.249. The van der Waals surface area contributed by atoms with Gasteiger partial charge >= 0.3 is 0 Å². The topological polar surface area (TPSA) is 26.3 Å². The van der Waals surface area contributed by atoms with Crippen LogP contribution in [0.3, 0.4) is 0 Å². The van der Waals surface area contributed by atoms with E-state index in [2.05, 4.69) is 31.2 Å². The minimum atomic E-state index is -0.421. The van der Waals surface area contributed by atoms with Gasteiger partial charge in [0.15, 0.2) is 0 Å². The quantitative estimate of drug-likeness (QED) is 0.666. The number of aryl methyl sites for hydroxylation is 1. The van der Waals surface area contributed by atoms with Gasteiger partial charge in [0, 0.05) is 12.5 Å². The molecule has 3 heteroatoms. The Morgan fingerprint density at radius 1 is 1.25 bits per heavy atom. The van der Waals surface area contributed by atoms with E-state index >= 15 is 0 Å². The highest BCUT2D eigenvalue weighted by Gasteiger charge is 2.24. The number of hydrogen-bond acceptors (Lipinski definition) is 2. The fraction of sp³-hybridized carbons (Fsp3) is 0.588. The molecule has 0 saturated heterocycles. The second kappa shape index (κ2) is 7.80. The molecule has 112 valence electrons. The largest absolute Gasteiger partial charge is 0.381 e. The Morgan fingerprint density at radius 2 is 1.80 bits per heavy atom. The minimum absolute atomic E-state index is 0.247. The second-order valence-corrected chi connectivity index (χ2v) is 6.42. The average Bonchev–Trinajstić information content (AvgIpc) is 2.40. The van der Waals surface area contributed by atoms with Crippen molar-refractivity contribution in [3.05, 3.63) is 35.4 Å². The van der Waals surface area contributed by atoms with E-state index in [0.717, 1.165) is 25.7 Å². The molecule has 0 N–H and O–H groups in total. The van der Waals surface area contributed by atoms with E-state index in [4.69, 9.17) is 16.3 Å². The number of carbonyl (C=O) groups excluding carboxylic acids is 1. The van der Waals surface area contributed by atoms with Crippen LogP contribution >= 0.6 is 11.6 Å². The molecule has 0 bridgehead atoms. The van der Waals surface area contributed by atoms with Gasteiger partial charge in [-0.3, -0.25) is 4.79 Å². The predicted octanol–water partition coefficient (Wildman–Crippen LogP) is 4.38. The van der Waals surface area contributed by atoms with Crippen LogP contribution in [0.2, 0.25) is 0 Å². The molecule has 1 aromatic carbocycles. The first-order chi connectivity index (χ1) is 9.35. The van der Waals surface area contributed by atoms with E-state index < -0.39 is 5.41 Å². The third-order valence-electron chi connectivity index (χ3n) is 3.75. The van der Waals surface area contributed by atoms with Gasteiger partial charge in [-0.15, -0.1) is 0 Å². The van der Waals surface area contributed by atoms with Crippen molar-refractivity contribution in [2.75, 3.05) is 7.11 Å². The van der Waals surface area contributed by atoms with Crippen LogP contribution in [-0.4, -0.2) is 18.5 Å². The first kappa shape index (κ1) is 17.2. The van der Waals surface area contributed by atoms with Crippen molar-refractivity contribution in [3.63, 3.8) is 0 Å². The zero-order valence-electron chi connectivity index (χ0n) is 12.9.